The van der Waals surface area contributed by atoms with Gasteiger partial charge in [-0.25, -0.2) is 0 Å². The lowest BCUT2D eigenvalue weighted by atomic mass is 10.5. The number of nitrogens with zero attached hydrogens (tertiary/aromatic N) is 2. The summed E-state index contributed by atoms with van der Waals surface area (Å²) < 4.78 is 14.5. The normalized spacial score (nSPS) is 22.6. The van der Waals surface area contributed by atoms with Crippen LogP contribution in [0.4, 0.5) is 0 Å². The van der Waals surface area contributed by atoms with Gasteiger partial charge < -0.3 is 14.2 Å². The molecular weight excluding hydrogens is 275 g/mol. The summed E-state index contributed by atoms with van der Waals surface area (Å²) >= 11 is 12.5. The van der Waals surface area contributed by atoms with Gasteiger partial charge in [-0.2, -0.15) is 4.76 Å². The Morgan fingerprint density at radius 3 is 2.67 bits per heavy atom. The van der Waals surface area contributed by atoms with Crippen molar-refractivity contribution in [3.8, 4) is 0 Å². The van der Waals surface area contributed by atoms with Crippen LogP contribution in [0.25, 0.3) is 0 Å². The van der Waals surface area contributed by atoms with Crippen LogP contribution >= 0.6 is 28.8 Å². The zero-order valence-electron chi connectivity index (χ0n) is 8.68. The predicted octanol–water partition coefficient (Wildman–Crippen LogP) is 2.15. The second-order valence-corrected chi connectivity index (χ2v) is 8.52. The molecule has 0 saturated carbocycles. The van der Waals surface area contributed by atoms with Crippen LogP contribution in [0.3, 0.4) is 0 Å². The Balaban J connectivity index is 2.73. The molecular formula is C7H14ClN2O2PS2. The van der Waals surface area contributed by atoms with Crippen LogP contribution in [0.5, 0.6) is 0 Å². The van der Waals surface area contributed by atoms with Gasteiger partial charge in [0, 0.05) is 20.2 Å². The summed E-state index contributed by atoms with van der Waals surface area (Å²) in [5, 5.41) is 0.846. The fourth-order valence-corrected chi connectivity index (χ4v) is 3.39. The predicted molar refractivity (Wildman–Crippen MR) is 70.5 cm³/mol. The van der Waals surface area contributed by atoms with E-state index in [9.17, 15) is 0 Å². The van der Waals surface area contributed by atoms with Gasteiger partial charge in [0.15, 0.2) is 5.17 Å². The van der Waals surface area contributed by atoms with E-state index in [-0.39, 0.29) is 0 Å². The zero-order valence-corrected chi connectivity index (χ0v) is 12.0. The second kappa shape index (κ2) is 6.42. The number of ether oxygens (including phenoxy) is 1. The summed E-state index contributed by atoms with van der Waals surface area (Å²) in [6, 6.07) is 0. The van der Waals surface area contributed by atoms with Crippen LogP contribution < -0.4 is 0 Å². The molecule has 4 nitrogen and oxygen atoms in total. The summed E-state index contributed by atoms with van der Waals surface area (Å²) in [6.45, 7) is 3.10. The van der Waals surface area contributed by atoms with E-state index in [2.05, 4.69) is 9.66 Å². The molecule has 1 unspecified atom stereocenters. The van der Waals surface area contributed by atoms with E-state index >= 15 is 0 Å². The van der Waals surface area contributed by atoms with Crippen LogP contribution in [0.1, 0.15) is 0 Å². The fraction of sp³-hybridized carbons (Fsp3) is 0.857. The SMILES string of the molecule is COP(=S)(Cl)N=C(SC)N1CCOCC1. The van der Waals surface area contributed by atoms with Gasteiger partial charge in [0.25, 0.3) is 5.77 Å². The number of hydrogen-bond acceptors (Lipinski definition) is 4. The number of morpholine rings is 1. The van der Waals surface area contributed by atoms with Crippen molar-refractivity contribution >= 4 is 45.7 Å². The topological polar surface area (TPSA) is 34.1 Å². The molecule has 1 aliphatic heterocycles. The monoisotopic (exact) mass is 288 g/mol. The Morgan fingerprint density at radius 1 is 1.60 bits per heavy atom. The molecule has 1 fully saturated rings. The highest BCUT2D eigenvalue weighted by atomic mass is 35.7. The lowest BCUT2D eigenvalue weighted by Gasteiger charge is -2.29. The van der Waals surface area contributed by atoms with Crippen LogP contribution in [-0.2, 0) is 21.1 Å². The second-order valence-electron chi connectivity index (χ2n) is 2.82. The first kappa shape index (κ1) is 13.7. The maximum Gasteiger partial charge on any atom is 0.267 e. The Hall–Kier alpha value is 0.680. The highest BCUT2D eigenvalue weighted by Crippen LogP contribution is 2.54. The van der Waals surface area contributed by atoms with Gasteiger partial charge in [-0.3, -0.25) is 0 Å². The summed E-state index contributed by atoms with van der Waals surface area (Å²) in [5.74, 6) is -2.52. The number of rotatable bonds is 2. The number of thioether (sulfide) groups is 1. The molecule has 0 aromatic rings. The molecule has 1 rings (SSSR count). The van der Waals surface area contributed by atoms with Gasteiger partial charge >= 0.3 is 0 Å². The third kappa shape index (κ3) is 4.59. The fourth-order valence-electron chi connectivity index (χ4n) is 1.13. The minimum absolute atomic E-state index is 0.720. The molecule has 1 atom stereocenters. The van der Waals surface area contributed by atoms with E-state index in [1.807, 2.05) is 6.26 Å². The Morgan fingerprint density at radius 2 is 2.20 bits per heavy atom. The van der Waals surface area contributed by atoms with Crippen LogP contribution in [-0.4, -0.2) is 49.7 Å². The first-order valence-corrected chi connectivity index (χ1v) is 9.21. The zero-order chi connectivity index (χ0) is 11.3. The van der Waals surface area contributed by atoms with E-state index in [0.717, 1.165) is 31.5 Å². The lowest BCUT2D eigenvalue weighted by molar-refractivity contribution is 0.0694. The van der Waals surface area contributed by atoms with Crippen molar-refractivity contribution in [2.24, 2.45) is 4.76 Å². The van der Waals surface area contributed by atoms with E-state index in [1.165, 1.54) is 18.9 Å². The lowest BCUT2D eigenvalue weighted by Crippen LogP contribution is -2.39. The number of amidine groups is 1. The van der Waals surface area contributed by atoms with Crippen molar-refractivity contribution in [2.45, 2.75) is 0 Å². The highest BCUT2D eigenvalue weighted by Gasteiger charge is 2.18. The maximum absolute atomic E-state index is 5.96. The minimum atomic E-state index is -2.52. The largest absolute Gasteiger partial charge is 0.378 e. The average Bonchev–Trinajstić information content (AvgIpc) is 2.27. The molecule has 8 heteroatoms. The minimum Gasteiger partial charge on any atom is -0.378 e. The van der Waals surface area contributed by atoms with Gasteiger partial charge in [-0.1, -0.05) is 11.8 Å². The van der Waals surface area contributed by atoms with Crippen LogP contribution in [0.15, 0.2) is 4.76 Å². The molecule has 1 saturated heterocycles. The summed E-state index contributed by atoms with van der Waals surface area (Å²) in [7, 11) is 1.49. The van der Waals surface area contributed by atoms with Gasteiger partial charge in [0.2, 0.25) is 0 Å². The average molecular weight is 289 g/mol. The van der Waals surface area contributed by atoms with Crippen LogP contribution in [0.2, 0.25) is 0 Å². The standard InChI is InChI=1S/C7H14ClN2O2PS2/c1-11-13(8,14)9-7(15-2)10-3-5-12-6-4-10/h3-6H2,1-2H3. The molecule has 0 aromatic heterocycles. The van der Waals surface area contributed by atoms with Gasteiger partial charge in [-0.15, -0.1) is 0 Å². The first-order chi connectivity index (χ1) is 7.09. The molecule has 1 heterocycles. The maximum atomic E-state index is 5.96. The summed E-state index contributed by atoms with van der Waals surface area (Å²) in [6.07, 6.45) is 1.95. The third-order valence-corrected chi connectivity index (χ3v) is 4.96. The molecule has 88 valence electrons. The van der Waals surface area contributed by atoms with Gasteiger partial charge in [-0.05, 0) is 29.3 Å². The number of halogens is 1. The quantitative estimate of drug-likeness (QED) is 0.442. The Labute approximate surface area is 104 Å². The van der Waals surface area contributed by atoms with Crippen molar-refractivity contribution in [1.29, 1.82) is 0 Å². The van der Waals surface area contributed by atoms with Crippen molar-refractivity contribution in [3.05, 3.63) is 0 Å². The summed E-state index contributed by atoms with van der Waals surface area (Å²) in [4.78, 5) is 2.12. The van der Waals surface area contributed by atoms with Crippen molar-refractivity contribution in [3.63, 3.8) is 0 Å². The molecule has 0 N–H and O–H groups in total. The highest BCUT2D eigenvalue weighted by molar-refractivity contribution is 8.24. The molecule has 0 aliphatic carbocycles. The summed E-state index contributed by atoms with van der Waals surface area (Å²) in [5.41, 5.74) is 0. The Kier molecular flexibility index (Phi) is 5.89. The van der Waals surface area contributed by atoms with Crippen molar-refractivity contribution in [2.75, 3.05) is 39.7 Å². The molecule has 0 aromatic carbocycles. The molecule has 0 spiro atoms. The van der Waals surface area contributed by atoms with Crippen molar-refractivity contribution < 1.29 is 9.26 Å². The van der Waals surface area contributed by atoms with Gasteiger partial charge in [0.1, 0.15) is 0 Å². The molecule has 1 aliphatic rings. The van der Waals surface area contributed by atoms with E-state index in [1.54, 1.807) is 0 Å². The van der Waals surface area contributed by atoms with Crippen molar-refractivity contribution in [1.82, 2.24) is 4.90 Å². The molecule has 0 bridgehead atoms. The molecule has 15 heavy (non-hydrogen) atoms. The van der Waals surface area contributed by atoms with E-state index in [4.69, 9.17) is 32.3 Å². The Bertz CT molecular complexity index is 284. The number of hydrogen-bond donors (Lipinski definition) is 0. The van der Waals surface area contributed by atoms with E-state index < -0.39 is 5.77 Å². The van der Waals surface area contributed by atoms with Crippen LogP contribution in [0, 0.1) is 0 Å². The third-order valence-electron chi connectivity index (χ3n) is 1.89. The van der Waals surface area contributed by atoms with Gasteiger partial charge in [0.05, 0.1) is 13.2 Å². The first-order valence-electron chi connectivity index (χ1n) is 4.41. The molecule has 0 radical (unpaired) electrons. The van der Waals surface area contributed by atoms with E-state index in [0.29, 0.717) is 0 Å². The smallest absolute Gasteiger partial charge is 0.267 e. The molecule has 0 amide bonds.